The van der Waals surface area contributed by atoms with Crippen LogP contribution in [0.1, 0.15) is 11.1 Å². The average molecular weight is 384 g/mol. The smallest absolute Gasteiger partial charge is 0.193 e. The van der Waals surface area contributed by atoms with Gasteiger partial charge in [0, 0.05) is 25.7 Å². The molecule has 0 aliphatic carbocycles. The highest BCUT2D eigenvalue weighted by atomic mass is 16.5. The van der Waals surface area contributed by atoms with Crippen LogP contribution in [0.15, 0.2) is 47.5 Å². The van der Waals surface area contributed by atoms with E-state index in [0.717, 1.165) is 38.4 Å². The summed E-state index contributed by atoms with van der Waals surface area (Å²) in [6, 6.07) is 13.8. The SMILES string of the molecule is COc1ccc(OC)c(NC(N)=NCc2ccccc2CN2CCOCC2)c1. The van der Waals surface area contributed by atoms with Crippen LogP contribution in [0, 0.1) is 0 Å². The predicted octanol–water partition coefficient (Wildman–Crippen LogP) is 2.46. The van der Waals surface area contributed by atoms with E-state index in [-0.39, 0.29) is 0 Å². The molecule has 0 atom stereocenters. The van der Waals surface area contributed by atoms with Crippen LogP contribution >= 0.6 is 0 Å². The number of nitrogens with one attached hydrogen (secondary N) is 1. The van der Waals surface area contributed by atoms with Gasteiger partial charge in [0.05, 0.1) is 39.7 Å². The van der Waals surface area contributed by atoms with Crippen molar-refractivity contribution in [2.45, 2.75) is 13.1 Å². The summed E-state index contributed by atoms with van der Waals surface area (Å²) in [5, 5.41) is 3.10. The maximum atomic E-state index is 6.12. The Balaban J connectivity index is 1.68. The van der Waals surface area contributed by atoms with Gasteiger partial charge in [-0.25, -0.2) is 4.99 Å². The molecule has 2 aromatic carbocycles. The molecule has 1 saturated heterocycles. The van der Waals surface area contributed by atoms with Crippen LogP contribution in [-0.2, 0) is 17.8 Å². The second-order valence-electron chi connectivity index (χ2n) is 6.55. The Morgan fingerprint density at radius 3 is 2.57 bits per heavy atom. The standard InChI is InChI=1S/C21H28N4O3/c1-26-18-7-8-20(27-2)19(13-18)24-21(22)23-14-16-5-3-4-6-17(16)15-25-9-11-28-12-10-25/h3-8,13H,9-12,14-15H2,1-2H3,(H3,22,23,24). The largest absolute Gasteiger partial charge is 0.497 e. The summed E-state index contributed by atoms with van der Waals surface area (Å²) in [7, 11) is 3.23. The van der Waals surface area contributed by atoms with Crippen molar-refractivity contribution in [1.29, 1.82) is 0 Å². The minimum atomic E-state index is 0.327. The van der Waals surface area contributed by atoms with Crippen LogP contribution in [0.3, 0.4) is 0 Å². The maximum Gasteiger partial charge on any atom is 0.193 e. The lowest BCUT2D eigenvalue weighted by Crippen LogP contribution is -2.35. The zero-order valence-corrected chi connectivity index (χ0v) is 16.5. The fourth-order valence-electron chi connectivity index (χ4n) is 3.13. The predicted molar refractivity (Wildman–Crippen MR) is 111 cm³/mol. The van der Waals surface area contributed by atoms with Gasteiger partial charge in [-0.2, -0.15) is 0 Å². The molecule has 3 N–H and O–H groups in total. The molecule has 2 aromatic rings. The van der Waals surface area contributed by atoms with Crippen molar-refractivity contribution in [2.24, 2.45) is 10.7 Å². The van der Waals surface area contributed by atoms with Crippen LogP contribution < -0.4 is 20.5 Å². The molecular formula is C21H28N4O3. The van der Waals surface area contributed by atoms with Gasteiger partial charge in [-0.3, -0.25) is 4.90 Å². The fraction of sp³-hybridized carbons (Fsp3) is 0.381. The number of anilines is 1. The maximum absolute atomic E-state index is 6.12. The number of aliphatic imine (C=N–C) groups is 1. The van der Waals surface area contributed by atoms with E-state index < -0.39 is 0 Å². The number of nitrogens with two attached hydrogens (primary N) is 1. The molecule has 7 heteroatoms. The van der Waals surface area contributed by atoms with Gasteiger partial charge in [0.25, 0.3) is 0 Å². The van der Waals surface area contributed by atoms with E-state index in [9.17, 15) is 0 Å². The van der Waals surface area contributed by atoms with Crippen molar-refractivity contribution >= 4 is 11.6 Å². The van der Waals surface area contributed by atoms with E-state index in [0.29, 0.717) is 29.7 Å². The first kappa shape index (κ1) is 20.0. The van der Waals surface area contributed by atoms with Crippen LogP contribution in [0.4, 0.5) is 5.69 Å². The summed E-state index contributed by atoms with van der Waals surface area (Å²) in [6.07, 6.45) is 0. The van der Waals surface area contributed by atoms with Gasteiger partial charge in [0.15, 0.2) is 5.96 Å². The van der Waals surface area contributed by atoms with E-state index in [1.165, 1.54) is 5.56 Å². The highest BCUT2D eigenvalue weighted by Gasteiger charge is 2.12. The van der Waals surface area contributed by atoms with Crippen molar-refractivity contribution < 1.29 is 14.2 Å². The fourth-order valence-corrected chi connectivity index (χ4v) is 3.13. The van der Waals surface area contributed by atoms with Gasteiger partial charge < -0.3 is 25.3 Å². The molecule has 0 aromatic heterocycles. The molecule has 1 aliphatic rings. The lowest BCUT2D eigenvalue weighted by Gasteiger charge is -2.27. The van der Waals surface area contributed by atoms with E-state index >= 15 is 0 Å². The Morgan fingerprint density at radius 1 is 1.11 bits per heavy atom. The van der Waals surface area contributed by atoms with Crippen molar-refractivity contribution in [3.05, 3.63) is 53.6 Å². The van der Waals surface area contributed by atoms with Crippen LogP contribution in [-0.4, -0.2) is 51.4 Å². The summed E-state index contributed by atoms with van der Waals surface area (Å²) < 4.78 is 16.1. The van der Waals surface area contributed by atoms with Gasteiger partial charge in [-0.05, 0) is 23.3 Å². The molecule has 0 spiro atoms. The summed E-state index contributed by atoms with van der Waals surface area (Å²) in [5.74, 6) is 1.71. The minimum absolute atomic E-state index is 0.327. The zero-order chi connectivity index (χ0) is 19.8. The summed E-state index contributed by atoms with van der Waals surface area (Å²) >= 11 is 0. The number of morpholine rings is 1. The third-order valence-electron chi connectivity index (χ3n) is 4.71. The Hall–Kier alpha value is -2.77. The molecule has 1 fully saturated rings. The molecule has 0 radical (unpaired) electrons. The van der Waals surface area contributed by atoms with Gasteiger partial charge in [0.2, 0.25) is 0 Å². The van der Waals surface area contributed by atoms with Gasteiger partial charge in [-0.1, -0.05) is 24.3 Å². The highest BCUT2D eigenvalue weighted by molar-refractivity contribution is 5.94. The second-order valence-corrected chi connectivity index (χ2v) is 6.55. The van der Waals surface area contributed by atoms with Crippen LogP contribution in [0.25, 0.3) is 0 Å². The topological polar surface area (TPSA) is 81.3 Å². The number of nitrogens with zero attached hydrogens (tertiary/aromatic N) is 2. The molecule has 0 saturated carbocycles. The monoisotopic (exact) mass is 384 g/mol. The number of hydrogen-bond donors (Lipinski definition) is 2. The lowest BCUT2D eigenvalue weighted by atomic mass is 10.1. The molecule has 0 amide bonds. The molecule has 0 bridgehead atoms. The van der Waals surface area contributed by atoms with E-state index in [1.807, 2.05) is 24.3 Å². The third-order valence-corrected chi connectivity index (χ3v) is 4.71. The Morgan fingerprint density at radius 2 is 1.86 bits per heavy atom. The molecule has 1 heterocycles. The van der Waals surface area contributed by atoms with E-state index in [4.69, 9.17) is 19.9 Å². The zero-order valence-electron chi connectivity index (χ0n) is 16.5. The minimum Gasteiger partial charge on any atom is -0.497 e. The van der Waals surface area contributed by atoms with E-state index in [1.54, 1.807) is 14.2 Å². The Kier molecular flexibility index (Phi) is 7.11. The molecule has 0 unspecified atom stereocenters. The lowest BCUT2D eigenvalue weighted by molar-refractivity contribution is 0.0341. The first-order valence-corrected chi connectivity index (χ1v) is 9.35. The van der Waals surface area contributed by atoms with Gasteiger partial charge in [0.1, 0.15) is 11.5 Å². The molecular weight excluding hydrogens is 356 g/mol. The van der Waals surface area contributed by atoms with Gasteiger partial charge in [-0.15, -0.1) is 0 Å². The second kappa shape index (κ2) is 9.96. The number of ether oxygens (including phenoxy) is 3. The van der Waals surface area contributed by atoms with Crippen molar-refractivity contribution in [1.82, 2.24) is 4.90 Å². The van der Waals surface area contributed by atoms with Crippen molar-refractivity contribution in [3.63, 3.8) is 0 Å². The first-order valence-electron chi connectivity index (χ1n) is 9.35. The summed E-state index contributed by atoms with van der Waals surface area (Å²) in [5.41, 5.74) is 9.26. The molecule has 28 heavy (non-hydrogen) atoms. The Bertz CT molecular complexity index is 804. The average Bonchev–Trinajstić information content (AvgIpc) is 2.74. The van der Waals surface area contributed by atoms with Crippen LogP contribution in [0.2, 0.25) is 0 Å². The number of hydrogen-bond acceptors (Lipinski definition) is 5. The molecule has 3 rings (SSSR count). The van der Waals surface area contributed by atoms with Crippen molar-refractivity contribution in [3.8, 4) is 11.5 Å². The van der Waals surface area contributed by atoms with E-state index in [2.05, 4.69) is 33.4 Å². The number of guanidine groups is 1. The quantitative estimate of drug-likeness (QED) is 0.564. The molecule has 150 valence electrons. The summed E-state index contributed by atoms with van der Waals surface area (Å²) in [6.45, 7) is 4.89. The van der Waals surface area contributed by atoms with Gasteiger partial charge >= 0.3 is 0 Å². The Labute approximate surface area is 166 Å². The first-order chi connectivity index (χ1) is 13.7. The van der Waals surface area contributed by atoms with Crippen LogP contribution in [0.5, 0.6) is 11.5 Å². The molecule has 1 aliphatic heterocycles. The number of rotatable bonds is 7. The number of methoxy groups -OCH3 is 2. The number of benzene rings is 2. The highest BCUT2D eigenvalue weighted by Crippen LogP contribution is 2.28. The molecule has 7 nitrogen and oxygen atoms in total. The normalized spacial score (nSPS) is 15.3. The van der Waals surface area contributed by atoms with Crippen molar-refractivity contribution in [2.75, 3.05) is 45.8 Å². The summed E-state index contributed by atoms with van der Waals surface area (Å²) in [4.78, 5) is 6.92. The third kappa shape index (κ3) is 5.37.